The maximum absolute atomic E-state index is 5.91. The highest BCUT2D eigenvalue weighted by Crippen LogP contribution is 2.22. The van der Waals surface area contributed by atoms with E-state index in [0.717, 1.165) is 22.6 Å². The average molecular weight is 368 g/mol. The number of rotatable bonds is 5. The van der Waals surface area contributed by atoms with Crippen LogP contribution < -0.4 is 4.74 Å². The van der Waals surface area contributed by atoms with Crippen LogP contribution in [0.25, 0.3) is 22.6 Å². The smallest absolute Gasteiger partial charge is 0.205 e. The van der Waals surface area contributed by atoms with E-state index in [4.69, 9.17) is 20.9 Å². The number of halogens is 1. The highest BCUT2D eigenvalue weighted by Gasteiger charge is 2.11. The molecule has 7 nitrogen and oxygen atoms in total. The zero-order chi connectivity index (χ0) is 17.9. The van der Waals surface area contributed by atoms with Gasteiger partial charge in [0.15, 0.2) is 5.76 Å². The van der Waals surface area contributed by atoms with E-state index in [9.17, 15) is 0 Å². The molecule has 8 heteroatoms. The Balaban J connectivity index is 1.52. The van der Waals surface area contributed by atoms with Gasteiger partial charge in [0.2, 0.25) is 5.82 Å². The van der Waals surface area contributed by atoms with Crippen molar-refractivity contribution in [1.29, 1.82) is 0 Å². The van der Waals surface area contributed by atoms with Crippen molar-refractivity contribution in [3.8, 4) is 28.4 Å². The third kappa shape index (κ3) is 3.43. The monoisotopic (exact) mass is 367 g/mol. The number of aromatic nitrogens is 5. The molecule has 0 amide bonds. The van der Waals surface area contributed by atoms with Gasteiger partial charge in [-0.25, -0.2) is 0 Å². The Bertz CT molecular complexity index is 1030. The van der Waals surface area contributed by atoms with Gasteiger partial charge in [0.25, 0.3) is 0 Å². The Morgan fingerprint density at radius 1 is 1.08 bits per heavy atom. The molecule has 2 heterocycles. The number of nitrogens with zero attached hydrogens (tertiary/aromatic N) is 5. The minimum atomic E-state index is 0.331. The molecule has 0 N–H and O–H groups in total. The van der Waals surface area contributed by atoms with E-state index in [1.54, 1.807) is 7.11 Å². The van der Waals surface area contributed by atoms with Crippen LogP contribution in [0.1, 0.15) is 5.76 Å². The van der Waals surface area contributed by atoms with E-state index in [1.807, 2.05) is 54.6 Å². The number of hydrogen-bond acceptors (Lipinski definition) is 6. The van der Waals surface area contributed by atoms with Crippen molar-refractivity contribution in [1.82, 2.24) is 25.4 Å². The molecule has 0 bridgehead atoms. The van der Waals surface area contributed by atoms with Crippen LogP contribution in [-0.4, -0.2) is 32.5 Å². The molecule has 0 fully saturated rings. The first-order chi connectivity index (χ1) is 12.7. The van der Waals surface area contributed by atoms with Crippen molar-refractivity contribution in [2.24, 2.45) is 0 Å². The summed E-state index contributed by atoms with van der Waals surface area (Å²) in [5, 5.41) is 17.3. The Morgan fingerprint density at radius 2 is 1.92 bits per heavy atom. The molecule has 4 rings (SSSR count). The van der Waals surface area contributed by atoms with Gasteiger partial charge in [-0.2, -0.15) is 4.80 Å². The van der Waals surface area contributed by atoms with Crippen LogP contribution in [0.2, 0.25) is 5.02 Å². The molecule has 26 heavy (non-hydrogen) atoms. The standard InChI is InChI=1S/C18H14ClN5O2/c1-25-15-4-2-3-13(9-15)18-20-23-24(21-18)11-16-10-17(22-26-16)12-5-7-14(19)8-6-12/h2-10H,11H2,1H3. The van der Waals surface area contributed by atoms with Gasteiger partial charge in [0, 0.05) is 22.2 Å². The summed E-state index contributed by atoms with van der Waals surface area (Å²) in [6.45, 7) is 0.331. The minimum absolute atomic E-state index is 0.331. The largest absolute Gasteiger partial charge is 0.497 e. The lowest BCUT2D eigenvalue weighted by Crippen LogP contribution is -2.03. The summed E-state index contributed by atoms with van der Waals surface area (Å²) in [6, 6.07) is 16.7. The van der Waals surface area contributed by atoms with Crippen LogP contribution in [-0.2, 0) is 6.54 Å². The highest BCUT2D eigenvalue weighted by molar-refractivity contribution is 6.30. The minimum Gasteiger partial charge on any atom is -0.497 e. The summed E-state index contributed by atoms with van der Waals surface area (Å²) in [7, 11) is 1.62. The van der Waals surface area contributed by atoms with Crippen molar-refractivity contribution in [3.63, 3.8) is 0 Å². The lowest BCUT2D eigenvalue weighted by molar-refractivity contribution is 0.364. The van der Waals surface area contributed by atoms with E-state index in [0.29, 0.717) is 23.2 Å². The maximum atomic E-state index is 5.91. The van der Waals surface area contributed by atoms with Gasteiger partial charge < -0.3 is 9.26 Å². The molecular formula is C18H14ClN5O2. The fourth-order valence-electron chi connectivity index (χ4n) is 2.47. The molecule has 130 valence electrons. The number of benzene rings is 2. The number of hydrogen-bond donors (Lipinski definition) is 0. The SMILES string of the molecule is COc1cccc(-c2nnn(Cc3cc(-c4ccc(Cl)cc4)no3)n2)c1. The topological polar surface area (TPSA) is 78.9 Å². The molecule has 0 unspecified atom stereocenters. The molecule has 0 atom stereocenters. The molecule has 0 aliphatic heterocycles. The van der Waals surface area contributed by atoms with Crippen molar-refractivity contribution in [3.05, 3.63) is 65.4 Å². The molecule has 0 aliphatic rings. The first-order valence-corrected chi connectivity index (χ1v) is 8.23. The summed E-state index contributed by atoms with van der Waals surface area (Å²) >= 11 is 5.91. The number of ether oxygens (including phenoxy) is 1. The lowest BCUT2D eigenvalue weighted by Gasteiger charge is -2.00. The fourth-order valence-corrected chi connectivity index (χ4v) is 2.60. The summed E-state index contributed by atoms with van der Waals surface area (Å²) < 4.78 is 10.6. The Labute approximate surface area is 154 Å². The predicted molar refractivity (Wildman–Crippen MR) is 95.9 cm³/mol. The molecule has 4 aromatic rings. The molecule has 0 saturated heterocycles. The summed E-state index contributed by atoms with van der Waals surface area (Å²) in [4.78, 5) is 1.46. The molecular weight excluding hydrogens is 354 g/mol. The Kier molecular flexibility index (Phi) is 4.37. The van der Waals surface area contributed by atoms with Gasteiger partial charge in [-0.15, -0.1) is 10.2 Å². The number of methoxy groups -OCH3 is 1. The average Bonchev–Trinajstić information content (AvgIpc) is 3.33. The van der Waals surface area contributed by atoms with Crippen molar-refractivity contribution in [2.75, 3.05) is 7.11 Å². The van der Waals surface area contributed by atoms with Gasteiger partial charge in [0.05, 0.1) is 7.11 Å². The second-order valence-corrected chi connectivity index (χ2v) is 6.00. The predicted octanol–water partition coefficient (Wildman–Crippen LogP) is 3.71. The summed E-state index contributed by atoms with van der Waals surface area (Å²) in [6.07, 6.45) is 0. The van der Waals surface area contributed by atoms with Crippen molar-refractivity contribution < 1.29 is 9.26 Å². The van der Waals surface area contributed by atoms with E-state index in [-0.39, 0.29) is 0 Å². The highest BCUT2D eigenvalue weighted by atomic mass is 35.5. The second-order valence-electron chi connectivity index (χ2n) is 5.56. The van der Waals surface area contributed by atoms with Gasteiger partial charge >= 0.3 is 0 Å². The van der Waals surface area contributed by atoms with E-state index >= 15 is 0 Å². The van der Waals surface area contributed by atoms with Gasteiger partial charge in [0.1, 0.15) is 18.0 Å². The van der Waals surface area contributed by atoms with Gasteiger partial charge in [-0.05, 0) is 29.5 Å². The molecule has 0 aliphatic carbocycles. The molecule has 2 aromatic carbocycles. The van der Waals surface area contributed by atoms with E-state index < -0.39 is 0 Å². The molecule has 0 spiro atoms. The van der Waals surface area contributed by atoms with Crippen molar-refractivity contribution in [2.45, 2.75) is 6.54 Å². The first kappa shape index (κ1) is 16.3. The summed E-state index contributed by atoms with van der Waals surface area (Å²) in [5.74, 6) is 1.88. The normalized spacial score (nSPS) is 10.8. The number of tetrazole rings is 1. The van der Waals surface area contributed by atoms with E-state index in [1.165, 1.54) is 4.80 Å². The quantitative estimate of drug-likeness (QED) is 0.535. The molecule has 0 radical (unpaired) electrons. The molecule has 0 saturated carbocycles. The second kappa shape index (κ2) is 6.97. The lowest BCUT2D eigenvalue weighted by atomic mass is 10.1. The van der Waals surface area contributed by atoms with Crippen LogP contribution in [0.15, 0.2) is 59.1 Å². The van der Waals surface area contributed by atoms with Crippen LogP contribution in [0.3, 0.4) is 0 Å². The van der Waals surface area contributed by atoms with Crippen LogP contribution in [0.5, 0.6) is 5.75 Å². The Morgan fingerprint density at radius 3 is 2.73 bits per heavy atom. The van der Waals surface area contributed by atoms with Crippen LogP contribution in [0, 0.1) is 0 Å². The third-order valence-corrected chi connectivity index (χ3v) is 4.03. The van der Waals surface area contributed by atoms with Crippen LogP contribution >= 0.6 is 11.6 Å². The van der Waals surface area contributed by atoms with Crippen LogP contribution in [0.4, 0.5) is 0 Å². The maximum Gasteiger partial charge on any atom is 0.205 e. The van der Waals surface area contributed by atoms with E-state index in [2.05, 4.69) is 20.6 Å². The first-order valence-electron chi connectivity index (χ1n) is 7.85. The zero-order valence-corrected chi connectivity index (χ0v) is 14.6. The zero-order valence-electron chi connectivity index (χ0n) is 13.8. The Hall–Kier alpha value is -3.19. The molecule has 2 aromatic heterocycles. The van der Waals surface area contributed by atoms with Gasteiger partial charge in [-0.1, -0.05) is 41.0 Å². The van der Waals surface area contributed by atoms with Gasteiger partial charge in [-0.3, -0.25) is 0 Å². The fraction of sp³-hybridized carbons (Fsp3) is 0.111. The van der Waals surface area contributed by atoms with Crippen molar-refractivity contribution >= 4 is 11.6 Å². The third-order valence-electron chi connectivity index (χ3n) is 3.78. The summed E-state index contributed by atoms with van der Waals surface area (Å²) in [5.41, 5.74) is 2.48.